The number of aromatic nitrogens is 1. The van der Waals surface area contributed by atoms with Crippen LogP contribution in [0.1, 0.15) is 0 Å². The molecule has 0 aliphatic rings. The number of hydrogen-bond acceptors (Lipinski definition) is 1. The summed E-state index contributed by atoms with van der Waals surface area (Å²) >= 11 is 0. The molecule has 0 fully saturated rings. The Labute approximate surface area is 210 Å². The van der Waals surface area contributed by atoms with Gasteiger partial charge < -0.3 is 9.47 Å². The first kappa shape index (κ1) is 20.5. The summed E-state index contributed by atoms with van der Waals surface area (Å²) in [5, 5.41) is 5.01. The monoisotopic (exact) mass is 460 g/mol. The maximum Gasteiger partial charge on any atom is 0.0547 e. The van der Waals surface area contributed by atoms with Crippen molar-refractivity contribution >= 4 is 49.6 Å². The van der Waals surface area contributed by atoms with E-state index in [9.17, 15) is 0 Å². The number of para-hydroxylation sites is 4. The van der Waals surface area contributed by atoms with Gasteiger partial charge in [-0.2, -0.15) is 0 Å². The molecule has 7 rings (SSSR count). The molecule has 2 nitrogen and oxygen atoms in total. The summed E-state index contributed by atoms with van der Waals surface area (Å²) in [6, 6.07) is 51.9. The van der Waals surface area contributed by atoms with Gasteiger partial charge in [-0.05, 0) is 77.5 Å². The van der Waals surface area contributed by atoms with Crippen molar-refractivity contribution in [1.29, 1.82) is 0 Å². The summed E-state index contributed by atoms with van der Waals surface area (Å²) in [7, 11) is 0. The molecular formula is C34H24N2. The Morgan fingerprint density at radius 1 is 0.389 bits per heavy atom. The van der Waals surface area contributed by atoms with Crippen LogP contribution in [0.25, 0.3) is 38.3 Å². The molecule has 0 saturated carbocycles. The Balaban J connectivity index is 1.49. The number of nitrogens with zero attached hydrogens (tertiary/aromatic N) is 2. The van der Waals surface area contributed by atoms with Crippen molar-refractivity contribution in [2.75, 3.05) is 4.90 Å². The molecule has 0 N–H and O–H groups in total. The molecule has 0 atom stereocenters. The molecule has 170 valence electrons. The molecular weight excluding hydrogens is 436 g/mol. The van der Waals surface area contributed by atoms with E-state index in [1.807, 2.05) is 0 Å². The first-order chi connectivity index (χ1) is 17.9. The molecule has 0 aliphatic carbocycles. The molecule has 1 aromatic heterocycles. The van der Waals surface area contributed by atoms with Crippen LogP contribution in [0.4, 0.5) is 17.1 Å². The van der Waals surface area contributed by atoms with E-state index in [1.165, 1.54) is 38.3 Å². The average Bonchev–Trinajstić information content (AvgIpc) is 3.27. The summed E-state index contributed by atoms with van der Waals surface area (Å²) in [6.07, 6.45) is 0. The van der Waals surface area contributed by atoms with Gasteiger partial charge >= 0.3 is 0 Å². The molecule has 0 saturated heterocycles. The predicted octanol–water partition coefficient (Wildman–Crippen LogP) is 9.41. The molecule has 0 radical (unpaired) electrons. The lowest BCUT2D eigenvalue weighted by Crippen LogP contribution is -2.09. The largest absolute Gasteiger partial charge is 0.310 e. The van der Waals surface area contributed by atoms with Gasteiger partial charge in [0, 0.05) is 33.5 Å². The van der Waals surface area contributed by atoms with Crippen LogP contribution < -0.4 is 4.90 Å². The van der Waals surface area contributed by atoms with Crippen LogP contribution >= 0.6 is 0 Å². The maximum absolute atomic E-state index is 2.38. The second-order valence-corrected chi connectivity index (χ2v) is 9.10. The lowest BCUT2D eigenvalue weighted by atomic mass is 10.0. The molecule has 0 bridgehead atoms. The van der Waals surface area contributed by atoms with Crippen molar-refractivity contribution in [3.8, 4) is 5.69 Å². The van der Waals surface area contributed by atoms with Crippen LogP contribution in [0.3, 0.4) is 0 Å². The van der Waals surface area contributed by atoms with Gasteiger partial charge in [-0.3, -0.25) is 0 Å². The second-order valence-electron chi connectivity index (χ2n) is 9.10. The molecule has 0 spiro atoms. The smallest absolute Gasteiger partial charge is 0.0547 e. The van der Waals surface area contributed by atoms with Crippen molar-refractivity contribution in [1.82, 2.24) is 4.57 Å². The summed E-state index contributed by atoms with van der Waals surface area (Å²) in [4.78, 5) is 2.32. The van der Waals surface area contributed by atoms with Crippen molar-refractivity contribution in [3.05, 3.63) is 146 Å². The molecule has 0 unspecified atom stereocenters. The second kappa shape index (κ2) is 8.44. The first-order valence-electron chi connectivity index (χ1n) is 12.3. The lowest BCUT2D eigenvalue weighted by Gasteiger charge is -2.25. The van der Waals surface area contributed by atoms with Crippen LogP contribution in [0.2, 0.25) is 0 Å². The van der Waals surface area contributed by atoms with E-state index >= 15 is 0 Å². The van der Waals surface area contributed by atoms with Crippen LogP contribution in [-0.2, 0) is 0 Å². The number of rotatable bonds is 4. The molecule has 2 heteroatoms. The highest BCUT2D eigenvalue weighted by Gasteiger charge is 2.15. The van der Waals surface area contributed by atoms with Crippen molar-refractivity contribution in [3.63, 3.8) is 0 Å². The van der Waals surface area contributed by atoms with E-state index in [4.69, 9.17) is 0 Å². The molecule has 36 heavy (non-hydrogen) atoms. The highest BCUT2D eigenvalue weighted by atomic mass is 15.1. The molecule has 6 aromatic carbocycles. The Kier molecular flexibility index (Phi) is 4.82. The van der Waals surface area contributed by atoms with Crippen molar-refractivity contribution in [2.24, 2.45) is 0 Å². The summed E-state index contributed by atoms with van der Waals surface area (Å²) in [5.41, 5.74) is 7.04. The molecule has 0 amide bonds. The summed E-state index contributed by atoms with van der Waals surface area (Å²) in [5.74, 6) is 0. The Hall–Kier alpha value is -4.82. The zero-order valence-corrected chi connectivity index (χ0v) is 19.8. The van der Waals surface area contributed by atoms with E-state index < -0.39 is 0 Å². The third-order valence-corrected chi connectivity index (χ3v) is 6.92. The van der Waals surface area contributed by atoms with Crippen molar-refractivity contribution < 1.29 is 0 Å². The standard InChI is InChI=1S/C34H24N2/c1-4-12-27(13-5-1)35(28-14-6-2-7-15-28)30-21-20-25-23-32-31-18-10-11-19-33(31)36(29-16-8-3-9-17-29)34(32)24-26(25)22-30/h1-24H. The van der Waals surface area contributed by atoms with Gasteiger partial charge in [0.05, 0.1) is 11.0 Å². The number of anilines is 3. The third-order valence-electron chi connectivity index (χ3n) is 6.92. The van der Waals surface area contributed by atoms with Crippen LogP contribution in [0.15, 0.2) is 146 Å². The Bertz CT molecular complexity index is 1780. The zero-order valence-electron chi connectivity index (χ0n) is 19.8. The molecule has 1 heterocycles. The normalized spacial score (nSPS) is 11.3. The zero-order chi connectivity index (χ0) is 23.9. The van der Waals surface area contributed by atoms with E-state index in [0.29, 0.717) is 0 Å². The fraction of sp³-hybridized carbons (Fsp3) is 0. The van der Waals surface area contributed by atoms with Gasteiger partial charge in [0.15, 0.2) is 0 Å². The van der Waals surface area contributed by atoms with E-state index in [-0.39, 0.29) is 0 Å². The van der Waals surface area contributed by atoms with Crippen LogP contribution in [0, 0.1) is 0 Å². The minimum absolute atomic E-state index is 1.14. The van der Waals surface area contributed by atoms with E-state index in [0.717, 1.165) is 17.1 Å². The maximum atomic E-state index is 2.38. The summed E-state index contributed by atoms with van der Waals surface area (Å²) < 4.78 is 2.38. The topological polar surface area (TPSA) is 8.17 Å². The van der Waals surface area contributed by atoms with Gasteiger partial charge in [0.1, 0.15) is 0 Å². The minimum Gasteiger partial charge on any atom is -0.310 e. The van der Waals surface area contributed by atoms with E-state index in [1.54, 1.807) is 0 Å². The van der Waals surface area contributed by atoms with E-state index in [2.05, 4.69) is 155 Å². The third kappa shape index (κ3) is 3.35. The quantitative estimate of drug-likeness (QED) is 0.254. The Morgan fingerprint density at radius 2 is 1.00 bits per heavy atom. The van der Waals surface area contributed by atoms with Crippen molar-refractivity contribution in [2.45, 2.75) is 0 Å². The number of fused-ring (bicyclic) bond motifs is 4. The fourth-order valence-corrected chi connectivity index (χ4v) is 5.30. The van der Waals surface area contributed by atoms with Gasteiger partial charge in [-0.1, -0.05) is 78.9 Å². The molecule has 0 aliphatic heterocycles. The predicted molar refractivity (Wildman–Crippen MR) is 153 cm³/mol. The number of benzene rings is 6. The number of hydrogen-bond donors (Lipinski definition) is 0. The van der Waals surface area contributed by atoms with Gasteiger partial charge in [0.25, 0.3) is 0 Å². The van der Waals surface area contributed by atoms with Crippen LogP contribution in [-0.4, -0.2) is 4.57 Å². The Morgan fingerprint density at radius 3 is 1.69 bits per heavy atom. The van der Waals surface area contributed by atoms with Crippen LogP contribution in [0.5, 0.6) is 0 Å². The highest BCUT2D eigenvalue weighted by molar-refractivity contribution is 6.14. The highest BCUT2D eigenvalue weighted by Crippen LogP contribution is 2.39. The first-order valence-corrected chi connectivity index (χ1v) is 12.3. The minimum atomic E-state index is 1.14. The molecule has 7 aromatic rings. The SMILES string of the molecule is c1ccc(N(c2ccccc2)c2ccc3cc4c5ccccc5n(-c5ccccc5)c4cc3c2)cc1. The fourth-order valence-electron chi connectivity index (χ4n) is 5.30. The van der Waals surface area contributed by atoms with Gasteiger partial charge in [0.2, 0.25) is 0 Å². The summed E-state index contributed by atoms with van der Waals surface area (Å²) in [6.45, 7) is 0. The van der Waals surface area contributed by atoms with Gasteiger partial charge in [-0.15, -0.1) is 0 Å². The average molecular weight is 461 g/mol. The van der Waals surface area contributed by atoms with Gasteiger partial charge in [-0.25, -0.2) is 0 Å². The lowest BCUT2D eigenvalue weighted by molar-refractivity contribution is 1.18.